The maximum Gasteiger partial charge on any atom is 0.355 e. The first-order valence-electron chi connectivity index (χ1n) is 6.58. The Labute approximate surface area is 133 Å². The van der Waals surface area contributed by atoms with Crippen LogP contribution in [-0.2, 0) is 17.9 Å². The maximum absolute atomic E-state index is 12.1. The van der Waals surface area contributed by atoms with E-state index in [9.17, 15) is 4.79 Å². The zero-order valence-corrected chi connectivity index (χ0v) is 13.1. The molecule has 1 aromatic heterocycles. The molecule has 4 nitrogen and oxygen atoms in total. The summed E-state index contributed by atoms with van der Waals surface area (Å²) in [5, 5.41) is 0.833. The lowest BCUT2D eigenvalue weighted by Gasteiger charge is -2.09. The quantitative estimate of drug-likeness (QED) is 0.840. The number of aryl methyl sites for hydroxylation is 1. The zero-order chi connectivity index (χ0) is 15.4. The summed E-state index contributed by atoms with van der Waals surface area (Å²) in [6.07, 6.45) is 2.63. The van der Waals surface area contributed by atoms with Crippen molar-refractivity contribution in [2.24, 2.45) is 0 Å². The van der Waals surface area contributed by atoms with Gasteiger partial charge in [-0.3, -0.25) is 0 Å². The summed E-state index contributed by atoms with van der Waals surface area (Å²) in [6, 6.07) is 6.82. The number of hydrogen-bond donors (Lipinski definition) is 1. The molecule has 2 N–H and O–H groups in total. The van der Waals surface area contributed by atoms with Crippen LogP contribution in [0.2, 0.25) is 10.0 Å². The number of anilines is 1. The molecule has 0 saturated heterocycles. The summed E-state index contributed by atoms with van der Waals surface area (Å²) in [5.41, 5.74) is 7.37. The van der Waals surface area contributed by atoms with Crippen LogP contribution in [-0.4, -0.2) is 10.5 Å². The summed E-state index contributed by atoms with van der Waals surface area (Å²) in [6.45, 7) is 2.80. The molecular weight excluding hydrogens is 311 g/mol. The highest BCUT2D eigenvalue weighted by molar-refractivity contribution is 6.42. The number of nitrogen functional groups attached to an aromatic ring is 1. The van der Waals surface area contributed by atoms with Gasteiger partial charge in [-0.05, 0) is 18.6 Å². The number of carbonyl (C=O) groups excluding carboxylic acids is 1. The molecule has 2 rings (SSSR count). The van der Waals surface area contributed by atoms with Gasteiger partial charge in [-0.1, -0.05) is 42.3 Å². The number of carbonyl (C=O) groups is 1. The summed E-state index contributed by atoms with van der Waals surface area (Å²) >= 11 is 12.0. The van der Waals surface area contributed by atoms with Gasteiger partial charge in [-0.25, -0.2) is 4.79 Å². The second-order valence-corrected chi connectivity index (χ2v) is 5.43. The van der Waals surface area contributed by atoms with Gasteiger partial charge in [0.15, 0.2) is 0 Å². The first-order valence-corrected chi connectivity index (χ1v) is 7.34. The van der Waals surface area contributed by atoms with Crippen LogP contribution in [0, 0.1) is 0 Å². The highest BCUT2D eigenvalue weighted by atomic mass is 35.5. The highest BCUT2D eigenvalue weighted by Crippen LogP contribution is 2.26. The first-order chi connectivity index (χ1) is 10.0. The molecule has 0 amide bonds. The standard InChI is InChI=1S/C15H16Cl2N2O2/c1-2-6-19-8-11(18)7-13(19)15(20)21-9-10-4-3-5-12(16)14(10)17/h3-5,7-8H,2,6,9,18H2,1H3. The van der Waals surface area contributed by atoms with E-state index in [1.165, 1.54) is 0 Å². The Morgan fingerprint density at radius 2 is 2.14 bits per heavy atom. The average Bonchev–Trinajstić information content (AvgIpc) is 2.81. The van der Waals surface area contributed by atoms with E-state index >= 15 is 0 Å². The van der Waals surface area contributed by atoms with Crippen LogP contribution >= 0.6 is 23.2 Å². The first kappa shape index (κ1) is 15.7. The molecule has 0 aliphatic heterocycles. The molecule has 112 valence electrons. The highest BCUT2D eigenvalue weighted by Gasteiger charge is 2.15. The van der Waals surface area contributed by atoms with Crippen LogP contribution in [0.25, 0.3) is 0 Å². The summed E-state index contributed by atoms with van der Waals surface area (Å²) in [5.74, 6) is -0.434. The van der Waals surface area contributed by atoms with Gasteiger partial charge in [0, 0.05) is 18.3 Å². The molecular formula is C15H16Cl2N2O2. The van der Waals surface area contributed by atoms with Gasteiger partial charge in [0.25, 0.3) is 0 Å². The summed E-state index contributed by atoms with van der Waals surface area (Å²) < 4.78 is 7.08. The van der Waals surface area contributed by atoms with Gasteiger partial charge >= 0.3 is 5.97 Å². The number of aromatic nitrogens is 1. The number of hydrogen-bond acceptors (Lipinski definition) is 3. The molecule has 0 saturated carbocycles. The van der Waals surface area contributed by atoms with E-state index in [0.29, 0.717) is 33.5 Å². The van der Waals surface area contributed by atoms with E-state index < -0.39 is 5.97 Å². The number of rotatable bonds is 5. The lowest BCUT2D eigenvalue weighted by Crippen LogP contribution is -2.12. The van der Waals surface area contributed by atoms with Crippen LogP contribution < -0.4 is 5.73 Å². The Balaban J connectivity index is 2.10. The third-order valence-corrected chi connectivity index (χ3v) is 3.84. The van der Waals surface area contributed by atoms with Gasteiger partial charge in [0.2, 0.25) is 0 Å². The van der Waals surface area contributed by atoms with E-state index in [1.807, 2.05) is 6.92 Å². The molecule has 6 heteroatoms. The molecule has 2 aromatic rings. The molecule has 0 fully saturated rings. The van der Waals surface area contributed by atoms with Crippen molar-refractivity contribution in [2.75, 3.05) is 5.73 Å². The SMILES string of the molecule is CCCn1cc(N)cc1C(=O)OCc1cccc(Cl)c1Cl. The molecule has 1 heterocycles. The van der Waals surface area contributed by atoms with Crippen molar-refractivity contribution in [3.05, 3.63) is 51.8 Å². The minimum Gasteiger partial charge on any atom is -0.456 e. The second-order valence-electron chi connectivity index (χ2n) is 4.64. The van der Waals surface area contributed by atoms with Crippen molar-refractivity contribution in [1.82, 2.24) is 4.57 Å². The van der Waals surface area contributed by atoms with Crippen LogP contribution in [0.4, 0.5) is 5.69 Å². The van der Waals surface area contributed by atoms with Crippen LogP contribution in [0.1, 0.15) is 29.4 Å². The fourth-order valence-electron chi connectivity index (χ4n) is 2.01. The summed E-state index contributed by atoms with van der Waals surface area (Å²) in [7, 11) is 0. The lowest BCUT2D eigenvalue weighted by molar-refractivity contribution is 0.0460. The van der Waals surface area contributed by atoms with Gasteiger partial charge in [0.05, 0.1) is 15.7 Å². The minimum absolute atomic E-state index is 0.0649. The Morgan fingerprint density at radius 1 is 1.38 bits per heavy atom. The van der Waals surface area contributed by atoms with E-state index in [2.05, 4.69) is 0 Å². The molecule has 0 spiro atoms. The van der Waals surface area contributed by atoms with Crippen molar-refractivity contribution in [1.29, 1.82) is 0 Å². The Bertz CT molecular complexity index is 653. The largest absolute Gasteiger partial charge is 0.456 e. The van der Waals surface area contributed by atoms with Gasteiger partial charge in [-0.2, -0.15) is 0 Å². The van der Waals surface area contributed by atoms with E-state index in [4.69, 9.17) is 33.7 Å². The second kappa shape index (κ2) is 6.87. The molecule has 0 radical (unpaired) electrons. The number of nitrogens with two attached hydrogens (primary N) is 1. The Hall–Kier alpha value is -1.65. The molecule has 0 bridgehead atoms. The van der Waals surface area contributed by atoms with E-state index in [0.717, 1.165) is 6.42 Å². The number of benzene rings is 1. The van der Waals surface area contributed by atoms with E-state index in [1.54, 1.807) is 35.0 Å². The average molecular weight is 327 g/mol. The van der Waals surface area contributed by atoms with Crippen LogP contribution in [0.5, 0.6) is 0 Å². The topological polar surface area (TPSA) is 57.2 Å². The normalized spacial score (nSPS) is 10.6. The summed E-state index contributed by atoms with van der Waals surface area (Å²) in [4.78, 5) is 12.1. The van der Waals surface area contributed by atoms with Gasteiger partial charge < -0.3 is 15.0 Å². The number of esters is 1. The van der Waals surface area contributed by atoms with Crippen molar-refractivity contribution >= 4 is 34.9 Å². The van der Waals surface area contributed by atoms with Gasteiger partial charge in [-0.15, -0.1) is 0 Å². The van der Waals surface area contributed by atoms with Crippen molar-refractivity contribution in [2.45, 2.75) is 26.5 Å². The van der Waals surface area contributed by atoms with Gasteiger partial charge in [0.1, 0.15) is 12.3 Å². The van der Waals surface area contributed by atoms with E-state index in [-0.39, 0.29) is 6.61 Å². The van der Waals surface area contributed by atoms with Crippen LogP contribution in [0.15, 0.2) is 30.5 Å². The fraction of sp³-hybridized carbons (Fsp3) is 0.267. The minimum atomic E-state index is -0.434. The Morgan fingerprint density at radius 3 is 2.86 bits per heavy atom. The third kappa shape index (κ3) is 3.71. The molecule has 0 aliphatic rings. The zero-order valence-electron chi connectivity index (χ0n) is 11.6. The number of halogens is 2. The Kier molecular flexibility index (Phi) is 5.15. The molecule has 0 aliphatic carbocycles. The van der Waals surface area contributed by atoms with Crippen molar-refractivity contribution in [3.63, 3.8) is 0 Å². The molecule has 0 unspecified atom stereocenters. The lowest BCUT2D eigenvalue weighted by atomic mass is 10.2. The molecule has 1 aromatic carbocycles. The van der Waals surface area contributed by atoms with Crippen molar-refractivity contribution < 1.29 is 9.53 Å². The predicted molar refractivity (Wildman–Crippen MR) is 84.7 cm³/mol. The third-order valence-electron chi connectivity index (χ3n) is 2.98. The van der Waals surface area contributed by atoms with Crippen LogP contribution in [0.3, 0.4) is 0 Å². The molecule has 0 atom stereocenters. The van der Waals surface area contributed by atoms with Crippen molar-refractivity contribution in [3.8, 4) is 0 Å². The number of ether oxygens (including phenoxy) is 1. The smallest absolute Gasteiger partial charge is 0.355 e. The number of nitrogens with zero attached hydrogens (tertiary/aromatic N) is 1. The maximum atomic E-state index is 12.1. The predicted octanol–water partition coefficient (Wildman–Crippen LogP) is 4.14. The molecule has 21 heavy (non-hydrogen) atoms. The fourth-order valence-corrected chi connectivity index (χ4v) is 2.38. The monoisotopic (exact) mass is 326 g/mol.